The van der Waals surface area contributed by atoms with Crippen LogP contribution in [0, 0.1) is 17.0 Å². The minimum atomic E-state index is -2.63. The van der Waals surface area contributed by atoms with E-state index in [4.69, 9.17) is 0 Å². The molecule has 0 bridgehead atoms. The van der Waals surface area contributed by atoms with Crippen molar-refractivity contribution in [2.45, 2.75) is 50.4 Å². The summed E-state index contributed by atoms with van der Waals surface area (Å²) in [6.45, 7) is 1.24. The number of aromatic nitrogens is 2. The van der Waals surface area contributed by atoms with Crippen LogP contribution in [0.5, 0.6) is 0 Å². The molecule has 2 saturated heterocycles. The molecule has 4 heterocycles. The molecule has 2 aromatic heterocycles. The number of thiazole rings is 1. The number of anilines is 1. The highest BCUT2D eigenvalue weighted by Gasteiger charge is 2.71. The first-order valence-electron chi connectivity index (χ1n) is 11.2. The van der Waals surface area contributed by atoms with Gasteiger partial charge in [0, 0.05) is 33.0 Å². The molecule has 34 heavy (non-hydrogen) atoms. The molecule has 3 atom stereocenters. The van der Waals surface area contributed by atoms with Gasteiger partial charge in [-0.15, -0.1) is 0 Å². The molecule has 1 amide bonds. The Hall–Kier alpha value is -2.34. The van der Waals surface area contributed by atoms with E-state index in [2.05, 4.69) is 15.3 Å². The van der Waals surface area contributed by atoms with Gasteiger partial charge in [0.15, 0.2) is 5.13 Å². The number of piperidine rings is 2. The lowest BCUT2D eigenvalue weighted by molar-refractivity contribution is -0.00551. The van der Waals surface area contributed by atoms with E-state index in [9.17, 15) is 22.4 Å². The van der Waals surface area contributed by atoms with Crippen LogP contribution in [-0.2, 0) is 6.54 Å². The number of nitrogens with one attached hydrogen (secondary N) is 1. The number of rotatable bonds is 5. The third kappa shape index (κ3) is 4.37. The van der Waals surface area contributed by atoms with E-state index in [0.29, 0.717) is 43.5 Å². The Morgan fingerprint density at radius 3 is 2.76 bits per heavy atom. The van der Waals surface area contributed by atoms with Gasteiger partial charge in [0.25, 0.3) is 11.8 Å². The molecule has 1 spiro atoms. The highest BCUT2D eigenvalue weighted by molar-refractivity contribution is 7.17. The average Bonchev–Trinajstić information content (AvgIpc) is 3.13. The van der Waals surface area contributed by atoms with Gasteiger partial charge in [-0.25, -0.2) is 26.9 Å². The van der Waals surface area contributed by atoms with Crippen molar-refractivity contribution in [3.05, 3.63) is 40.7 Å². The van der Waals surface area contributed by atoms with Crippen molar-refractivity contribution in [2.24, 2.45) is 5.41 Å². The van der Waals surface area contributed by atoms with Gasteiger partial charge in [0.2, 0.25) is 0 Å². The standard InChI is InChI=1S/C22H24F5N5OS.H2/c23-13-6-14(24)16(28-7-13)8-29-19(33)18-9-30-20(34-18)31-5-2-17(15(25)10-31)32-4-1-3-21(12-32)11-22(21,26)27;/h6-7,9,15,17H,1-5,8,10-12H2,(H,29,33);1H. The highest BCUT2D eigenvalue weighted by atomic mass is 32.1. The highest BCUT2D eigenvalue weighted by Crippen LogP contribution is 2.64. The van der Waals surface area contributed by atoms with Crippen LogP contribution in [0.3, 0.4) is 0 Å². The van der Waals surface area contributed by atoms with Gasteiger partial charge < -0.3 is 10.2 Å². The van der Waals surface area contributed by atoms with E-state index in [-0.39, 0.29) is 38.1 Å². The molecule has 186 valence electrons. The fourth-order valence-electron chi connectivity index (χ4n) is 5.09. The molecule has 0 radical (unpaired) electrons. The minimum absolute atomic E-state index is 0. The molecule has 3 fully saturated rings. The molecule has 0 aromatic carbocycles. The van der Waals surface area contributed by atoms with E-state index >= 15 is 4.39 Å². The Kier molecular flexibility index (Phi) is 5.99. The average molecular weight is 504 g/mol. The van der Waals surface area contributed by atoms with Gasteiger partial charge in [0.05, 0.1) is 36.6 Å². The lowest BCUT2D eigenvalue weighted by Crippen LogP contribution is -2.55. The lowest BCUT2D eigenvalue weighted by atomic mass is 9.90. The molecule has 1 N–H and O–H groups in total. The smallest absolute Gasteiger partial charge is 0.263 e. The largest absolute Gasteiger partial charge is 0.346 e. The van der Waals surface area contributed by atoms with E-state index in [1.54, 1.807) is 4.90 Å². The summed E-state index contributed by atoms with van der Waals surface area (Å²) in [6.07, 6.45) is 2.56. The Morgan fingerprint density at radius 2 is 2.06 bits per heavy atom. The zero-order valence-electron chi connectivity index (χ0n) is 18.2. The molecule has 6 nitrogen and oxygen atoms in total. The molecule has 2 aromatic rings. The van der Waals surface area contributed by atoms with Crippen LogP contribution in [0.15, 0.2) is 18.5 Å². The zero-order valence-corrected chi connectivity index (χ0v) is 19.1. The first kappa shape index (κ1) is 23.4. The predicted molar refractivity (Wildman–Crippen MR) is 118 cm³/mol. The maximum Gasteiger partial charge on any atom is 0.263 e. The van der Waals surface area contributed by atoms with Gasteiger partial charge in [0.1, 0.15) is 22.7 Å². The van der Waals surface area contributed by atoms with Gasteiger partial charge in [-0.1, -0.05) is 11.3 Å². The number of nitrogens with zero attached hydrogens (tertiary/aromatic N) is 4. The SMILES string of the molecule is O=C(NCc1ncc(F)cc1F)c1cnc(N2CCC(N3CCCC4(C3)CC4(F)F)C(F)C2)s1.[HH]. The van der Waals surface area contributed by atoms with Gasteiger partial charge in [-0.3, -0.25) is 14.7 Å². The maximum atomic E-state index is 15.1. The number of amides is 1. The van der Waals surface area contributed by atoms with Crippen LogP contribution < -0.4 is 10.2 Å². The number of carbonyl (C=O) groups is 1. The van der Waals surface area contributed by atoms with Crippen molar-refractivity contribution in [2.75, 3.05) is 31.1 Å². The van der Waals surface area contributed by atoms with Crippen LogP contribution >= 0.6 is 11.3 Å². The molecule has 5 rings (SSSR count). The molecular formula is C22H26F5N5OS. The van der Waals surface area contributed by atoms with Crippen LogP contribution in [0.4, 0.5) is 27.1 Å². The van der Waals surface area contributed by atoms with Crippen LogP contribution in [-0.4, -0.2) is 65.1 Å². The summed E-state index contributed by atoms with van der Waals surface area (Å²) < 4.78 is 69.5. The van der Waals surface area contributed by atoms with E-state index in [0.717, 1.165) is 17.5 Å². The van der Waals surface area contributed by atoms with Gasteiger partial charge in [-0.05, 0) is 25.8 Å². The first-order chi connectivity index (χ1) is 16.2. The lowest BCUT2D eigenvalue weighted by Gasteiger charge is -2.44. The summed E-state index contributed by atoms with van der Waals surface area (Å²) in [5.41, 5.74) is -1.06. The van der Waals surface area contributed by atoms with Crippen LogP contribution in [0.2, 0.25) is 0 Å². The Bertz CT molecular complexity index is 1090. The number of pyridine rings is 1. The van der Waals surface area contributed by atoms with Crippen molar-refractivity contribution in [3.63, 3.8) is 0 Å². The van der Waals surface area contributed by atoms with Gasteiger partial charge in [-0.2, -0.15) is 0 Å². The fourth-order valence-corrected chi connectivity index (χ4v) is 5.96. The number of carbonyl (C=O) groups excluding carboxylic acids is 1. The number of halogens is 5. The summed E-state index contributed by atoms with van der Waals surface area (Å²) in [4.78, 5) is 24.2. The van der Waals surface area contributed by atoms with E-state index in [1.165, 1.54) is 6.20 Å². The quantitative estimate of drug-likeness (QED) is 0.625. The third-order valence-electron chi connectivity index (χ3n) is 7.08. The third-order valence-corrected chi connectivity index (χ3v) is 8.14. The second-order valence-electron chi connectivity index (χ2n) is 9.33. The Balaban J connectivity index is 0.00000289. The zero-order chi connectivity index (χ0) is 24.1. The van der Waals surface area contributed by atoms with E-state index < -0.39 is 41.1 Å². The predicted octanol–water partition coefficient (Wildman–Crippen LogP) is 4.03. The molecule has 3 aliphatic rings. The van der Waals surface area contributed by atoms with Crippen molar-refractivity contribution < 1.29 is 28.2 Å². The molecular weight excluding hydrogens is 477 g/mol. The molecule has 1 saturated carbocycles. The fraction of sp³-hybridized carbons (Fsp3) is 0.591. The van der Waals surface area contributed by atoms with Crippen molar-refractivity contribution in [3.8, 4) is 0 Å². The molecule has 1 aliphatic carbocycles. The molecule has 3 unspecified atom stereocenters. The summed E-state index contributed by atoms with van der Waals surface area (Å²) in [6, 6.07) is 0.293. The Labute approximate surface area is 198 Å². The summed E-state index contributed by atoms with van der Waals surface area (Å²) >= 11 is 1.09. The van der Waals surface area contributed by atoms with Crippen molar-refractivity contribution in [1.82, 2.24) is 20.2 Å². The maximum absolute atomic E-state index is 15.1. The van der Waals surface area contributed by atoms with Crippen LogP contribution in [0.1, 0.15) is 42.5 Å². The summed E-state index contributed by atoms with van der Waals surface area (Å²) in [5, 5.41) is 3.00. The minimum Gasteiger partial charge on any atom is -0.346 e. The molecule has 12 heteroatoms. The van der Waals surface area contributed by atoms with Crippen molar-refractivity contribution in [1.29, 1.82) is 0 Å². The first-order valence-corrected chi connectivity index (χ1v) is 12.0. The Morgan fingerprint density at radius 1 is 1.26 bits per heavy atom. The van der Waals surface area contributed by atoms with Crippen molar-refractivity contribution >= 4 is 22.4 Å². The van der Waals surface area contributed by atoms with Gasteiger partial charge >= 0.3 is 0 Å². The number of alkyl halides is 3. The van der Waals surface area contributed by atoms with E-state index in [1.807, 2.05) is 4.90 Å². The monoisotopic (exact) mass is 503 g/mol. The number of likely N-dealkylation sites (tertiary alicyclic amines) is 1. The second-order valence-corrected chi connectivity index (χ2v) is 10.3. The normalized spacial score (nSPS) is 28.8. The topological polar surface area (TPSA) is 61.4 Å². The number of hydrogen-bond acceptors (Lipinski definition) is 6. The van der Waals surface area contributed by atoms with Crippen LogP contribution in [0.25, 0.3) is 0 Å². The number of hydrogen-bond donors (Lipinski definition) is 1. The summed E-state index contributed by atoms with van der Waals surface area (Å²) in [7, 11) is 0. The second kappa shape index (κ2) is 8.71. The molecule has 2 aliphatic heterocycles. The summed E-state index contributed by atoms with van der Waals surface area (Å²) in [5.74, 6) is -4.79.